The summed E-state index contributed by atoms with van der Waals surface area (Å²) in [5.41, 5.74) is 0.524. The lowest BCUT2D eigenvalue weighted by atomic mass is 10.0. The van der Waals surface area contributed by atoms with Crippen LogP contribution in [0.1, 0.15) is 42.6 Å². The molecule has 2 rings (SSSR count). The van der Waals surface area contributed by atoms with Crippen LogP contribution < -0.4 is 5.32 Å². The minimum absolute atomic E-state index is 0.168. The minimum atomic E-state index is -0.182. The molecule has 7 heteroatoms. The number of carbonyl (C=O) groups is 1. The molecule has 2 aromatic heterocycles. The van der Waals surface area contributed by atoms with Gasteiger partial charge in [0.25, 0.3) is 5.91 Å². The minimum Gasteiger partial charge on any atom is -0.345 e. The largest absolute Gasteiger partial charge is 0.345 e. The molecule has 0 radical (unpaired) electrons. The van der Waals surface area contributed by atoms with Crippen LogP contribution in [-0.2, 0) is 14.1 Å². The van der Waals surface area contributed by atoms with Gasteiger partial charge in [0.15, 0.2) is 0 Å². The summed E-state index contributed by atoms with van der Waals surface area (Å²) in [6.07, 6.45) is 3.99. The molecule has 1 atom stereocenters. The first-order chi connectivity index (χ1) is 9.88. The van der Waals surface area contributed by atoms with Crippen LogP contribution in [0.5, 0.6) is 0 Å². The second-order valence-electron chi connectivity index (χ2n) is 5.55. The van der Waals surface area contributed by atoms with Gasteiger partial charge in [0.05, 0.1) is 11.1 Å². The Bertz CT molecular complexity index is 631. The fraction of sp³-hybridized carbons (Fsp3) is 0.500. The number of rotatable bonds is 5. The normalized spacial score (nSPS) is 12.7. The third kappa shape index (κ3) is 3.64. The first-order valence-electron chi connectivity index (χ1n) is 6.85. The van der Waals surface area contributed by atoms with E-state index >= 15 is 0 Å². The topological polar surface area (TPSA) is 64.7 Å². The summed E-state index contributed by atoms with van der Waals surface area (Å²) >= 11 is 5.93. The Hall–Kier alpha value is -1.82. The maximum Gasteiger partial charge on any atom is 0.268 e. The summed E-state index contributed by atoms with van der Waals surface area (Å²) in [6.45, 7) is 4.21. The number of hydrogen-bond acceptors (Lipinski definition) is 3. The summed E-state index contributed by atoms with van der Waals surface area (Å²) in [7, 11) is 3.61. The van der Waals surface area contributed by atoms with Crippen LogP contribution in [0.2, 0.25) is 5.02 Å². The molecule has 1 amide bonds. The maximum absolute atomic E-state index is 12.4. The van der Waals surface area contributed by atoms with Crippen molar-refractivity contribution in [2.45, 2.75) is 26.3 Å². The van der Waals surface area contributed by atoms with Gasteiger partial charge < -0.3 is 9.88 Å². The van der Waals surface area contributed by atoms with E-state index in [2.05, 4.69) is 29.2 Å². The molecule has 0 saturated heterocycles. The zero-order valence-corrected chi connectivity index (χ0v) is 13.4. The molecule has 6 nitrogen and oxygen atoms in total. The van der Waals surface area contributed by atoms with E-state index < -0.39 is 0 Å². The summed E-state index contributed by atoms with van der Waals surface area (Å²) in [5, 5.41) is 7.64. The second-order valence-corrected chi connectivity index (χ2v) is 5.99. The Morgan fingerprint density at radius 2 is 2.14 bits per heavy atom. The Morgan fingerprint density at radius 1 is 1.43 bits per heavy atom. The van der Waals surface area contributed by atoms with Gasteiger partial charge in [0.1, 0.15) is 17.8 Å². The molecule has 2 heterocycles. The predicted octanol–water partition coefficient (Wildman–Crippen LogP) is 2.32. The van der Waals surface area contributed by atoms with Crippen LogP contribution >= 0.6 is 11.6 Å². The standard InChI is InChI=1S/C14H20ClN5O/c1-9(2)5-11(13-16-8-17-20(13)4)18-14(21)12-6-10(15)7-19(12)3/h6-9,11H,5H2,1-4H3,(H,18,21)/t11-/m0/s1. The maximum atomic E-state index is 12.4. The quantitative estimate of drug-likeness (QED) is 0.922. The fourth-order valence-electron chi connectivity index (χ4n) is 2.30. The average Bonchev–Trinajstić information content (AvgIpc) is 2.93. The van der Waals surface area contributed by atoms with E-state index in [1.165, 1.54) is 6.33 Å². The van der Waals surface area contributed by atoms with E-state index in [1.54, 1.807) is 28.6 Å². The SMILES string of the molecule is CC(C)C[C@H](NC(=O)c1cc(Cl)cn1C)c1ncnn1C. The predicted molar refractivity (Wildman–Crippen MR) is 81.1 cm³/mol. The Kier molecular flexibility index (Phi) is 4.67. The summed E-state index contributed by atoms with van der Waals surface area (Å²) in [5.74, 6) is 0.999. The van der Waals surface area contributed by atoms with E-state index in [9.17, 15) is 4.79 Å². The Morgan fingerprint density at radius 3 is 2.62 bits per heavy atom. The Labute approximate surface area is 129 Å². The molecule has 0 spiro atoms. The van der Waals surface area contributed by atoms with Crippen molar-refractivity contribution >= 4 is 17.5 Å². The smallest absolute Gasteiger partial charge is 0.268 e. The lowest BCUT2D eigenvalue weighted by molar-refractivity contribution is 0.0921. The van der Waals surface area contributed by atoms with E-state index in [-0.39, 0.29) is 11.9 Å². The van der Waals surface area contributed by atoms with Crippen molar-refractivity contribution in [3.05, 3.63) is 35.1 Å². The van der Waals surface area contributed by atoms with E-state index in [4.69, 9.17) is 11.6 Å². The van der Waals surface area contributed by atoms with Crippen LogP contribution in [-0.4, -0.2) is 25.2 Å². The molecule has 0 aliphatic rings. The van der Waals surface area contributed by atoms with Gasteiger partial charge in [-0.15, -0.1) is 0 Å². The third-order valence-corrected chi connectivity index (χ3v) is 3.48. The number of aryl methyl sites for hydroxylation is 2. The monoisotopic (exact) mass is 309 g/mol. The molecule has 2 aromatic rings. The summed E-state index contributed by atoms with van der Waals surface area (Å²) < 4.78 is 3.39. The van der Waals surface area contributed by atoms with Crippen LogP contribution in [0, 0.1) is 5.92 Å². The lowest BCUT2D eigenvalue weighted by Crippen LogP contribution is -2.32. The van der Waals surface area contributed by atoms with Crippen LogP contribution in [0.25, 0.3) is 0 Å². The highest BCUT2D eigenvalue weighted by molar-refractivity contribution is 6.31. The van der Waals surface area contributed by atoms with Crippen molar-refractivity contribution in [1.82, 2.24) is 24.6 Å². The first-order valence-corrected chi connectivity index (χ1v) is 7.23. The molecule has 0 unspecified atom stereocenters. The second kappa shape index (κ2) is 6.30. The molecule has 21 heavy (non-hydrogen) atoms. The average molecular weight is 310 g/mol. The number of hydrogen-bond donors (Lipinski definition) is 1. The number of nitrogens with one attached hydrogen (secondary N) is 1. The van der Waals surface area contributed by atoms with E-state index in [0.717, 1.165) is 12.2 Å². The van der Waals surface area contributed by atoms with E-state index in [1.807, 2.05) is 7.05 Å². The van der Waals surface area contributed by atoms with Gasteiger partial charge in [-0.1, -0.05) is 25.4 Å². The van der Waals surface area contributed by atoms with Crippen LogP contribution in [0.15, 0.2) is 18.6 Å². The molecule has 0 aliphatic heterocycles. The molecule has 0 saturated carbocycles. The van der Waals surface area contributed by atoms with Crippen molar-refractivity contribution in [1.29, 1.82) is 0 Å². The first kappa shape index (κ1) is 15.6. The van der Waals surface area contributed by atoms with Gasteiger partial charge in [-0.3, -0.25) is 9.48 Å². The van der Waals surface area contributed by atoms with Crippen molar-refractivity contribution < 1.29 is 4.79 Å². The third-order valence-electron chi connectivity index (χ3n) is 3.27. The highest BCUT2D eigenvalue weighted by Gasteiger charge is 2.22. The van der Waals surface area contributed by atoms with Crippen molar-refractivity contribution in [2.24, 2.45) is 20.0 Å². The van der Waals surface area contributed by atoms with Crippen molar-refractivity contribution in [3.63, 3.8) is 0 Å². The van der Waals surface area contributed by atoms with Gasteiger partial charge in [0, 0.05) is 20.3 Å². The highest BCUT2D eigenvalue weighted by atomic mass is 35.5. The molecule has 114 valence electrons. The van der Waals surface area contributed by atoms with Crippen molar-refractivity contribution in [3.8, 4) is 0 Å². The lowest BCUT2D eigenvalue weighted by Gasteiger charge is -2.20. The number of nitrogens with zero attached hydrogens (tertiary/aromatic N) is 4. The molecule has 0 aromatic carbocycles. The molecule has 0 fully saturated rings. The molecule has 1 N–H and O–H groups in total. The van der Waals surface area contributed by atoms with Gasteiger partial charge in [-0.05, 0) is 18.4 Å². The Balaban J connectivity index is 2.21. The molecular weight excluding hydrogens is 290 g/mol. The van der Waals surface area contributed by atoms with Crippen molar-refractivity contribution in [2.75, 3.05) is 0 Å². The zero-order valence-electron chi connectivity index (χ0n) is 12.7. The van der Waals surface area contributed by atoms with Gasteiger partial charge >= 0.3 is 0 Å². The number of carbonyl (C=O) groups excluding carboxylic acids is 1. The van der Waals surface area contributed by atoms with Crippen LogP contribution in [0.3, 0.4) is 0 Å². The molecular formula is C14H20ClN5O. The van der Waals surface area contributed by atoms with E-state index in [0.29, 0.717) is 16.6 Å². The van der Waals surface area contributed by atoms with Crippen LogP contribution in [0.4, 0.5) is 0 Å². The summed E-state index contributed by atoms with van der Waals surface area (Å²) in [4.78, 5) is 16.7. The highest BCUT2D eigenvalue weighted by Crippen LogP contribution is 2.20. The molecule has 0 bridgehead atoms. The van der Waals surface area contributed by atoms with Gasteiger partial charge in [-0.25, -0.2) is 4.98 Å². The zero-order chi connectivity index (χ0) is 15.6. The number of aromatic nitrogens is 4. The molecule has 0 aliphatic carbocycles. The van der Waals surface area contributed by atoms with Gasteiger partial charge in [0.2, 0.25) is 0 Å². The number of halogens is 1. The fourth-order valence-corrected chi connectivity index (χ4v) is 2.55. The number of amides is 1. The van der Waals surface area contributed by atoms with Gasteiger partial charge in [-0.2, -0.15) is 5.10 Å². The summed E-state index contributed by atoms with van der Waals surface area (Å²) in [6, 6.07) is 1.47.